The van der Waals surface area contributed by atoms with Crippen molar-refractivity contribution in [1.82, 2.24) is 19.9 Å². The molecule has 0 saturated carbocycles. The molecule has 1 aromatic heterocycles. The van der Waals surface area contributed by atoms with Crippen LogP contribution in [-0.2, 0) is 23.4 Å². The number of aromatic nitrogens is 3. The molecule has 15 heteroatoms. The number of rotatable bonds is 10. The van der Waals surface area contributed by atoms with Gasteiger partial charge in [-0.15, -0.1) is 5.92 Å². The van der Waals surface area contributed by atoms with Crippen molar-refractivity contribution in [3.63, 3.8) is 0 Å². The molecule has 1 unspecified atom stereocenters. The van der Waals surface area contributed by atoms with Gasteiger partial charge >= 0.3 is 19.4 Å². The zero-order valence-corrected chi connectivity index (χ0v) is 21.7. The fraction of sp³-hybridized carbons (Fsp3) is 0.478. The zero-order chi connectivity index (χ0) is 29.9. The predicted octanol–water partition coefficient (Wildman–Crippen LogP) is 0.0777. The van der Waals surface area contributed by atoms with Crippen molar-refractivity contribution < 1.29 is 40.8 Å². The summed E-state index contributed by atoms with van der Waals surface area (Å²) in [4.78, 5) is 38.1. The lowest BCUT2D eigenvalue weighted by atomic mass is 9.95. The lowest BCUT2D eigenvalue weighted by Crippen LogP contribution is -2.49. The summed E-state index contributed by atoms with van der Waals surface area (Å²) in [5.74, 6) is 3.76. The summed E-state index contributed by atoms with van der Waals surface area (Å²) in [5, 5.41) is 28.1. The summed E-state index contributed by atoms with van der Waals surface area (Å²) in [5.41, 5.74) is -4.66. The van der Waals surface area contributed by atoms with Crippen LogP contribution >= 0.6 is 7.75 Å². The topological polar surface area (TPSA) is 191 Å². The van der Waals surface area contributed by atoms with Crippen molar-refractivity contribution in [3.05, 3.63) is 57.4 Å². The van der Waals surface area contributed by atoms with E-state index in [2.05, 4.69) is 22.0 Å². The number of hydrogen-bond donors (Lipinski definition) is 4. The maximum absolute atomic E-state index is 13.9. The molecule has 1 saturated heterocycles. The highest BCUT2D eigenvalue weighted by Crippen LogP contribution is 2.46. The number of nitrogens with one attached hydrogen (secondary N) is 2. The third-order valence-electron chi connectivity index (χ3n) is 4.99. The monoisotopic (exact) mass is 554 g/mol. The molecule has 4 N–H and O–H groups in total. The van der Waals surface area contributed by atoms with E-state index < -0.39 is 67.7 Å². The standard InChI is InChI=1S/C23H29N4O10P/c1-5-11-23(32)19(29)17(36-21(23)27-22(31)25-18(28)12-24-27)13-34-38(33,37-16-9-7-6-8-10-16)26-15(4)20(30)35-14(2)3/h6-10,12,14-15,17,19,21,29,32H,13H2,1-4H3,(H,26,33)(H,25,28,31)/t15-,17+,19-,21+,23?,38-/m0/s1/i13D2. The largest absolute Gasteiger partial charge is 0.462 e. The molecule has 14 nitrogen and oxygen atoms in total. The summed E-state index contributed by atoms with van der Waals surface area (Å²) >= 11 is 0. The van der Waals surface area contributed by atoms with E-state index in [9.17, 15) is 29.2 Å². The average Bonchev–Trinajstić information content (AvgIpc) is 3.10. The van der Waals surface area contributed by atoms with Crippen LogP contribution in [0.4, 0.5) is 0 Å². The van der Waals surface area contributed by atoms with Gasteiger partial charge in [0, 0.05) is 0 Å². The van der Waals surface area contributed by atoms with E-state index in [0.717, 1.165) is 0 Å². The van der Waals surface area contributed by atoms with Gasteiger partial charge in [-0.25, -0.2) is 9.36 Å². The van der Waals surface area contributed by atoms with Crippen LogP contribution in [-0.4, -0.2) is 67.5 Å². The van der Waals surface area contributed by atoms with E-state index in [0.29, 0.717) is 10.9 Å². The Hall–Kier alpha value is -3.31. The van der Waals surface area contributed by atoms with Gasteiger partial charge in [0.25, 0.3) is 5.56 Å². The normalized spacial score (nSPS) is 26.3. The number of benzene rings is 1. The van der Waals surface area contributed by atoms with E-state index in [-0.39, 0.29) is 5.75 Å². The summed E-state index contributed by atoms with van der Waals surface area (Å²) in [6.07, 6.45) is -6.13. The molecule has 1 fully saturated rings. The number of aromatic amines is 1. The van der Waals surface area contributed by atoms with Gasteiger partial charge in [-0.05, 0) is 39.8 Å². The Morgan fingerprint density at radius 1 is 1.37 bits per heavy atom. The Labute approximate surface area is 220 Å². The van der Waals surface area contributed by atoms with Crippen molar-refractivity contribution >= 4 is 13.7 Å². The quantitative estimate of drug-likeness (QED) is 0.176. The average molecular weight is 554 g/mol. The molecular formula is C23H29N4O10P. The fourth-order valence-electron chi connectivity index (χ4n) is 3.33. The minimum absolute atomic E-state index is 0.0262. The van der Waals surface area contributed by atoms with E-state index >= 15 is 0 Å². The van der Waals surface area contributed by atoms with Crippen LogP contribution in [0.5, 0.6) is 5.75 Å². The molecule has 0 amide bonds. The number of hydrogen-bond acceptors (Lipinski definition) is 11. The molecule has 3 rings (SSSR count). The molecule has 0 radical (unpaired) electrons. The molecule has 6 atom stereocenters. The van der Waals surface area contributed by atoms with Crippen LogP contribution in [0.3, 0.4) is 0 Å². The van der Waals surface area contributed by atoms with E-state index in [1.807, 2.05) is 4.98 Å². The molecule has 2 aromatic rings. The van der Waals surface area contributed by atoms with E-state index in [1.54, 1.807) is 19.9 Å². The number of aliphatic hydroxyl groups is 2. The number of carbonyl (C=O) groups excluding carboxylic acids is 1. The maximum Gasteiger partial charge on any atom is 0.459 e. The van der Waals surface area contributed by atoms with Crippen molar-refractivity contribution in [2.45, 2.75) is 63.9 Å². The SMILES string of the molecule is [2H]C([2H])(O[P@@](=O)(N[C@@H](C)C(=O)OC(C)C)Oc1ccccc1)[C@H]1O[C@@H](n2ncc(=O)[nH]c2=O)C(O)(C#CC)[C@H]1O. The Kier molecular flexibility index (Phi) is 8.33. The molecular weight excluding hydrogens is 523 g/mol. The second-order valence-corrected chi connectivity index (χ2v) is 10.0. The third kappa shape index (κ3) is 6.76. The molecule has 1 aliphatic heterocycles. The zero-order valence-electron chi connectivity index (χ0n) is 22.9. The molecule has 0 aliphatic carbocycles. The highest BCUT2D eigenvalue weighted by Gasteiger charge is 2.57. The minimum atomic E-state index is -4.83. The number of carbonyl (C=O) groups is 1. The number of aliphatic hydroxyl groups excluding tert-OH is 1. The molecule has 0 bridgehead atoms. The maximum atomic E-state index is 13.9. The van der Waals surface area contributed by atoms with Gasteiger partial charge in [-0.3, -0.25) is 19.1 Å². The highest BCUT2D eigenvalue weighted by atomic mass is 31.2. The summed E-state index contributed by atoms with van der Waals surface area (Å²) in [6, 6.07) is 6.19. The van der Waals surface area contributed by atoms with Crippen molar-refractivity contribution in [2.75, 3.05) is 6.56 Å². The van der Waals surface area contributed by atoms with Gasteiger partial charge in [-0.1, -0.05) is 24.1 Å². The summed E-state index contributed by atoms with van der Waals surface area (Å²) in [7, 11) is -4.83. The van der Waals surface area contributed by atoms with Gasteiger partial charge in [0.15, 0.2) is 6.23 Å². The van der Waals surface area contributed by atoms with Crippen LogP contribution in [0.15, 0.2) is 46.1 Å². The van der Waals surface area contributed by atoms with Crippen LogP contribution in [0.25, 0.3) is 0 Å². The Balaban J connectivity index is 1.99. The van der Waals surface area contributed by atoms with Gasteiger partial charge in [0.05, 0.1) is 15.4 Å². The first kappa shape index (κ1) is 26.3. The van der Waals surface area contributed by atoms with Crippen LogP contribution in [0, 0.1) is 11.8 Å². The predicted molar refractivity (Wildman–Crippen MR) is 132 cm³/mol. The Morgan fingerprint density at radius 3 is 2.66 bits per heavy atom. The smallest absolute Gasteiger partial charge is 0.459 e. The van der Waals surface area contributed by atoms with E-state index in [4.69, 9.17) is 21.3 Å². The first-order chi connectivity index (χ1) is 18.6. The Morgan fingerprint density at radius 2 is 2.05 bits per heavy atom. The van der Waals surface area contributed by atoms with Gasteiger partial charge < -0.3 is 24.2 Å². The second kappa shape index (κ2) is 12.0. The molecule has 1 aromatic carbocycles. The molecule has 0 spiro atoms. The van der Waals surface area contributed by atoms with Gasteiger partial charge in [0.2, 0.25) is 5.60 Å². The number of nitrogens with zero attached hydrogens (tertiary/aromatic N) is 2. The first-order valence-corrected chi connectivity index (χ1v) is 12.9. The van der Waals surface area contributed by atoms with Crippen molar-refractivity contribution in [2.24, 2.45) is 0 Å². The highest BCUT2D eigenvalue weighted by molar-refractivity contribution is 7.52. The number of ether oxygens (including phenoxy) is 2. The Bertz CT molecular complexity index is 1440. The van der Waals surface area contributed by atoms with Crippen LogP contribution < -0.4 is 20.9 Å². The third-order valence-corrected chi connectivity index (χ3v) is 6.49. The van der Waals surface area contributed by atoms with Crippen LogP contribution in [0.2, 0.25) is 0 Å². The fourth-order valence-corrected chi connectivity index (χ4v) is 4.70. The van der Waals surface area contributed by atoms with Crippen LogP contribution in [0.1, 0.15) is 36.7 Å². The molecule has 2 heterocycles. The molecule has 206 valence electrons. The first-order valence-electron chi connectivity index (χ1n) is 12.3. The minimum Gasteiger partial charge on any atom is -0.462 e. The van der Waals surface area contributed by atoms with Gasteiger partial charge in [0.1, 0.15) is 30.2 Å². The summed E-state index contributed by atoms with van der Waals surface area (Å²) < 4.78 is 52.6. The molecule has 1 aliphatic rings. The van der Waals surface area contributed by atoms with Crippen molar-refractivity contribution in [1.29, 1.82) is 0 Å². The number of para-hydroxylation sites is 1. The molecule has 38 heavy (non-hydrogen) atoms. The number of H-pyrrole nitrogens is 1. The lowest BCUT2D eigenvalue weighted by molar-refractivity contribution is -0.149. The second-order valence-electron chi connectivity index (χ2n) is 8.39. The summed E-state index contributed by atoms with van der Waals surface area (Å²) in [6.45, 7) is 2.54. The van der Waals surface area contributed by atoms with Gasteiger partial charge in [-0.2, -0.15) is 14.9 Å². The number of esters is 1. The van der Waals surface area contributed by atoms with E-state index in [1.165, 1.54) is 38.1 Å². The lowest BCUT2D eigenvalue weighted by Gasteiger charge is -2.26. The van der Waals surface area contributed by atoms with Crippen molar-refractivity contribution in [3.8, 4) is 17.6 Å².